The molecule has 1 amide bonds. The van der Waals surface area contributed by atoms with E-state index in [1.54, 1.807) is 11.0 Å². The summed E-state index contributed by atoms with van der Waals surface area (Å²) < 4.78 is 34.2. The van der Waals surface area contributed by atoms with Crippen LogP contribution in [0, 0.1) is 0 Å². The second-order valence-electron chi connectivity index (χ2n) is 4.87. The zero-order chi connectivity index (χ0) is 14.7. The lowest BCUT2D eigenvalue weighted by atomic mass is 10.1. The van der Waals surface area contributed by atoms with Crippen LogP contribution in [0.3, 0.4) is 0 Å². The van der Waals surface area contributed by atoms with Crippen LogP contribution in [0.1, 0.15) is 24.2 Å². The predicted molar refractivity (Wildman–Crippen MR) is 69.0 cm³/mol. The molecule has 0 N–H and O–H groups in total. The van der Waals surface area contributed by atoms with Gasteiger partial charge in [-0.1, -0.05) is 6.07 Å². The highest BCUT2D eigenvalue weighted by Crippen LogP contribution is 2.19. The first-order valence-corrected chi connectivity index (χ1v) is 6.45. The number of nitrogens with zero attached hydrogens (tertiary/aromatic N) is 1. The van der Waals surface area contributed by atoms with Crippen LogP contribution >= 0.6 is 0 Å². The Hall–Kier alpha value is -1.69. The van der Waals surface area contributed by atoms with Crippen molar-refractivity contribution in [3.05, 3.63) is 29.8 Å². The van der Waals surface area contributed by atoms with Gasteiger partial charge in [0.1, 0.15) is 5.75 Å². The van der Waals surface area contributed by atoms with E-state index >= 15 is 0 Å². The topological polar surface area (TPSA) is 38.8 Å². The van der Waals surface area contributed by atoms with Gasteiger partial charge in [-0.15, -0.1) is 0 Å². The number of halogens is 2. The molecule has 4 nitrogen and oxygen atoms in total. The highest BCUT2D eigenvalue weighted by molar-refractivity contribution is 5.94. The first kappa shape index (κ1) is 14.7. The summed E-state index contributed by atoms with van der Waals surface area (Å²) >= 11 is 0. The summed E-state index contributed by atoms with van der Waals surface area (Å²) in [6, 6.07) is 5.84. The van der Waals surface area contributed by atoms with E-state index in [-0.39, 0.29) is 23.9 Å². The average Bonchev–Trinajstić information content (AvgIpc) is 2.36. The second-order valence-corrected chi connectivity index (χ2v) is 4.87. The molecular weight excluding hydrogens is 268 g/mol. The van der Waals surface area contributed by atoms with Gasteiger partial charge in [0.2, 0.25) is 0 Å². The van der Waals surface area contributed by atoms with Crippen molar-refractivity contribution in [1.82, 2.24) is 4.90 Å². The van der Waals surface area contributed by atoms with Crippen LogP contribution in [0.4, 0.5) is 8.78 Å². The maximum absolute atomic E-state index is 12.4. The van der Waals surface area contributed by atoms with E-state index in [2.05, 4.69) is 4.74 Å². The van der Waals surface area contributed by atoms with Crippen molar-refractivity contribution in [3.63, 3.8) is 0 Å². The van der Waals surface area contributed by atoms with E-state index in [0.717, 1.165) is 0 Å². The lowest BCUT2D eigenvalue weighted by Crippen LogP contribution is -2.48. The number of morpholine rings is 1. The average molecular weight is 285 g/mol. The molecule has 0 unspecified atom stereocenters. The maximum atomic E-state index is 12.4. The van der Waals surface area contributed by atoms with Crippen LogP contribution in [0.2, 0.25) is 0 Å². The molecule has 0 aliphatic carbocycles. The molecule has 1 aliphatic rings. The van der Waals surface area contributed by atoms with Crippen LogP contribution in [-0.4, -0.2) is 42.7 Å². The number of amides is 1. The van der Waals surface area contributed by atoms with Crippen molar-refractivity contribution in [2.24, 2.45) is 0 Å². The van der Waals surface area contributed by atoms with Crippen LogP contribution in [0.25, 0.3) is 0 Å². The zero-order valence-electron chi connectivity index (χ0n) is 11.4. The maximum Gasteiger partial charge on any atom is 0.387 e. The summed E-state index contributed by atoms with van der Waals surface area (Å²) in [7, 11) is 0. The Morgan fingerprint density at radius 1 is 1.35 bits per heavy atom. The third-order valence-corrected chi connectivity index (χ3v) is 3.01. The van der Waals surface area contributed by atoms with Gasteiger partial charge in [-0.25, -0.2) is 0 Å². The van der Waals surface area contributed by atoms with E-state index < -0.39 is 6.61 Å². The third-order valence-electron chi connectivity index (χ3n) is 3.01. The zero-order valence-corrected chi connectivity index (χ0v) is 11.4. The molecule has 1 aromatic rings. The molecule has 1 aliphatic heterocycles. The van der Waals surface area contributed by atoms with Crippen LogP contribution < -0.4 is 4.74 Å². The SMILES string of the molecule is C[C@H]1CN(C(=O)c2cccc(OC(F)F)c2)C[C@H](C)O1. The quantitative estimate of drug-likeness (QED) is 0.856. The molecule has 1 aromatic carbocycles. The fourth-order valence-corrected chi connectivity index (χ4v) is 2.33. The Balaban J connectivity index is 2.12. The highest BCUT2D eigenvalue weighted by Gasteiger charge is 2.26. The molecule has 1 heterocycles. The van der Waals surface area contributed by atoms with Gasteiger partial charge < -0.3 is 14.4 Å². The number of hydrogen-bond acceptors (Lipinski definition) is 3. The van der Waals surface area contributed by atoms with E-state index in [0.29, 0.717) is 18.7 Å². The molecule has 6 heteroatoms. The number of hydrogen-bond donors (Lipinski definition) is 0. The van der Waals surface area contributed by atoms with Gasteiger partial charge in [0.25, 0.3) is 5.91 Å². The van der Waals surface area contributed by atoms with Crippen molar-refractivity contribution in [2.45, 2.75) is 32.7 Å². The van der Waals surface area contributed by atoms with Crippen molar-refractivity contribution in [2.75, 3.05) is 13.1 Å². The minimum Gasteiger partial charge on any atom is -0.435 e. The Kier molecular flexibility index (Phi) is 4.54. The number of carbonyl (C=O) groups excluding carboxylic acids is 1. The summed E-state index contributed by atoms with van der Waals surface area (Å²) in [5.74, 6) is -0.216. The molecule has 1 fully saturated rings. The summed E-state index contributed by atoms with van der Waals surface area (Å²) in [4.78, 5) is 14.0. The van der Waals surface area contributed by atoms with E-state index in [9.17, 15) is 13.6 Å². The molecule has 0 aromatic heterocycles. The molecule has 0 radical (unpaired) electrons. The monoisotopic (exact) mass is 285 g/mol. The number of alkyl halides is 2. The predicted octanol–water partition coefficient (Wildman–Crippen LogP) is 2.54. The van der Waals surface area contributed by atoms with E-state index in [1.165, 1.54) is 18.2 Å². The number of rotatable bonds is 3. The lowest BCUT2D eigenvalue weighted by molar-refractivity contribution is -0.0587. The van der Waals surface area contributed by atoms with Gasteiger partial charge in [-0.05, 0) is 32.0 Å². The van der Waals surface area contributed by atoms with Crippen LogP contribution in [0.5, 0.6) is 5.75 Å². The standard InChI is InChI=1S/C14H17F2NO3/c1-9-7-17(8-10(2)19-9)13(18)11-4-3-5-12(6-11)20-14(15)16/h3-6,9-10,14H,7-8H2,1-2H3/t9-,10-/m0/s1. The summed E-state index contributed by atoms with van der Waals surface area (Å²) in [5, 5.41) is 0. The minimum atomic E-state index is -2.90. The fourth-order valence-electron chi connectivity index (χ4n) is 2.33. The molecule has 20 heavy (non-hydrogen) atoms. The largest absolute Gasteiger partial charge is 0.435 e. The highest BCUT2D eigenvalue weighted by atomic mass is 19.3. The van der Waals surface area contributed by atoms with Crippen molar-refractivity contribution >= 4 is 5.91 Å². The van der Waals surface area contributed by atoms with Gasteiger partial charge in [-0.2, -0.15) is 8.78 Å². The molecule has 2 rings (SSSR count). The van der Waals surface area contributed by atoms with Crippen LogP contribution in [-0.2, 0) is 4.74 Å². The number of benzene rings is 1. The summed E-state index contributed by atoms with van der Waals surface area (Å²) in [6.45, 7) is 1.87. The Morgan fingerprint density at radius 3 is 2.60 bits per heavy atom. The first-order valence-electron chi connectivity index (χ1n) is 6.45. The lowest BCUT2D eigenvalue weighted by Gasteiger charge is -2.35. The Bertz CT molecular complexity index is 471. The molecule has 1 saturated heterocycles. The van der Waals surface area contributed by atoms with Gasteiger partial charge in [0.05, 0.1) is 12.2 Å². The van der Waals surface area contributed by atoms with Crippen LogP contribution in [0.15, 0.2) is 24.3 Å². The van der Waals surface area contributed by atoms with Crippen molar-refractivity contribution in [3.8, 4) is 5.75 Å². The fraction of sp³-hybridized carbons (Fsp3) is 0.500. The first-order chi connectivity index (χ1) is 9.45. The molecular formula is C14H17F2NO3. The molecule has 0 spiro atoms. The Labute approximate surface area is 116 Å². The minimum absolute atomic E-state index is 0.0137. The van der Waals surface area contributed by atoms with E-state index in [4.69, 9.17) is 4.74 Å². The van der Waals surface area contributed by atoms with Gasteiger partial charge in [0, 0.05) is 18.7 Å². The van der Waals surface area contributed by atoms with Crippen molar-refractivity contribution in [1.29, 1.82) is 0 Å². The van der Waals surface area contributed by atoms with E-state index in [1.807, 2.05) is 13.8 Å². The molecule has 2 atom stereocenters. The molecule has 110 valence electrons. The van der Waals surface area contributed by atoms with Crippen molar-refractivity contribution < 1.29 is 23.0 Å². The summed E-state index contributed by atoms with van der Waals surface area (Å²) in [5.41, 5.74) is 0.337. The smallest absolute Gasteiger partial charge is 0.387 e. The molecule has 0 saturated carbocycles. The second kappa shape index (κ2) is 6.17. The van der Waals surface area contributed by atoms with Gasteiger partial charge in [-0.3, -0.25) is 4.79 Å². The number of ether oxygens (including phenoxy) is 2. The van der Waals surface area contributed by atoms with Gasteiger partial charge >= 0.3 is 6.61 Å². The van der Waals surface area contributed by atoms with Gasteiger partial charge in [0.15, 0.2) is 0 Å². The third kappa shape index (κ3) is 3.66. The Morgan fingerprint density at radius 2 is 2.00 bits per heavy atom. The summed E-state index contributed by atoms with van der Waals surface area (Å²) in [6.07, 6.45) is -0.0774. The number of carbonyl (C=O) groups is 1. The molecule has 0 bridgehead atoms. The normalized spacial score (nSPS) is 22.9.